The predicted octanol–water partition coefficient (Wildman–Crippen LogP) is 1.72. The van der Waals surface area contributed by atoms with E-state index in [0.29, 0.717) is 6.54 Å². The molecule has 0 unspecified atom stereocenters. The van der Waals surface area contributed by atoms with Gasteiger partial charge in [-0.1, -0.05) is 24.0 Å². The van der Waals surface area contributed by atoms with Gasteiger partial charge in [-0.05, 0) is 18.2 Å². The van der Waals surface area contributed by atoms with Crippen LogP contribution in [0.5, 0.6) is 0 Å². The number of carbonyl (C=O) groups excluding carboxylic acids is 1. The third kappa shape index (κ3) is 3.05. The van der Waals surface area contributed by atoms with Crippen LogP contribution >= 0.6 is 0 Å². The monoisotopic (exact) mass is 224 g/mol. The number of hydrogen-bond acceptors (Lipinski definition) is 2. The van der Waals surface area contributed by atoms with Crippen LogP contribution in [0.25, 0.3) is 10.9 Å². The zero-order valence-corrected chi connectivity index (χ0v) is 9.53. The summed E-state index contributed by atoms with van der Waals surface area (Å²) in [6, 6.07) is 9.80. The maximum absolute atomic E-state index is 10.6. The number of hydrogen-bond donors (Lipinski definition) is 1. The van der Waals surface area contributed by atoms with Gasteiger partial charge in [0.05, 0.1) is 12.1 Å². The van der Waals surface area contributed by atoms with Gasteiger partial charge in [0.1, 0.15) is 0 Å². The first-order valence-electron chi connectivity index (χ1n) is 5.34. The second-order valence-electron chi connectivity index (χ2n) is 3.62. The molecule has 2 aromatic rings. The van der Waals surface area contributed by atoms with Gasteiger partial charge in [-0.25, -0.2) is 0 Å². The Kier molecular flexibility index (Phi) is 3.37. The summed E-state index contributed by atoms with van der Waals surface area (Å²) in [5, 5.41) is 3.72. The molecule has 17 heavy (non-hydrogen) atoms. The molecular weight excluding hydrogens is 212 g/mol. The van der Waals surface area contributed by atoms with Gasteiger partial charge in [0, 0.05) is 24.1 Å². The second kappa shape index (κ2) is 5.13. The molecule has 0 aliphatic carbocycles. The maximum atomic E-state index is 10.6. The number of rotatable bonds is 1. The molecule has 0 bridgehead atoms. The van der Waals surface area contributed by atoms with Gasteiger partial charge in [0.15, 0.2) is 0 Å². The zero-order chi connectivity index (χ0) is 12.1. The maximum Gasteiger partial charge on any atom is 0.217 e. The minimum absolute atomic E-state index is 0.0699. The summed E-state index contributed by atoms with van der Waals surface area (Å²) in [7, 11) is 0. The number of nitrogens with zero attached hydrogens (tertiary/aromatic N) is 1. The highest BCUT2D eigenvalue weighted by Crippen LogP contribution is 2.12. The number of carbonyl (C=O) groups is 1. The van der Waals surface area contributed by atoms with Crippen LogP contribution in [0, 0.1) is 11.8 Å². The van der Waals surface area contributed by atoms with Crippen molar-refractivity contribution >= 4 is 16.8 Å². The molecule has 0 atom stereocenters. The Balaban J connectivity index is 2.16. The van der Waals surface area contributed by atoms with Crippen LogP contribution < -0.4 is 5.32 Å². The summed E-state index contributed by atoms with van der Waals surface area (Å²) >= 11 is 0. The number of nitrogens with one attached hydrogen (secondary N) is 1. The summed E-state index contributed by atoms with van der Waals surface area (Å²) in [5.41, 5.74) is 1.83. The van der Waals surface area contributed by atoms with Gasteiger partial charge in [0.2, 0.25) is 5.91 Å². The Bertz CT molecular complexity index is 608. The van der Waals surface area contributed by atoms with Crippen LogP contribution in [-0.2, 0) is 4.79 Å². The minimum Gasteiger partial charge on any atom is -0.345 e. The molecule has 1 N–H and O–H groups in total. The normalized spacial score (nSPS) is 9.47. The first kappa shape index (κ1) is 11.2. The van der Waals surface area contributed by atoms with E-state index in [1.54, 1.807) is 6.20 Å². The molecule has 0 aliphatic rings. The first-order chi connectivity index (χ1) is 8.25. The Morgan fingerprint density at radius 1 is 1.41 bits per heavy atom. The average Bonchev–Trinajstić information content (AvgIpc) is 2.34. The Labute approximate surface area is 99.9 Å². The van der Waals surface area contributed by atoms with Gasteiger partial charge >= 0.3 is 0 Å². The van der Waals surface area contributed by atoms with E-state index >= 15 is 0 Å². The highest BCUT2D eigenvalue weighted by Gasteiger charge is 1.93. The van der Waals surface area contributed by atoms with E-state index in [2.05, 4.69) is 22.1 Å². The van der Waals surface area contributed by atoms with Crippen molar-refractivity contribution in [1.29, 1.82) is 0 Å². The van der Waals surface area contributed by atoms with Crippen molar-refractivity contribution in [2.24, 2.45) is 0 Å². The predicted molar refractivity (Wildman–Crippen MR) is 67.3 cm³/mol. The Morgan fingerprint density at radius 2 is 2.29 bits per heavy atom. The topological polar surface area (TPSA) is 42.0 Å². The van der Waals surface area contributed by atoms with E-state index in [0.717, 1.165) is 16.5 Å². The van der Waals surface area contributed by atoms with Crippen LogP contribution in [0.3, 0.4) is 0 Å². The van der Waals surface area contributed by atoms with Gasteiger partial charge in [-0.3, -0.25) is 9.78 Å². The Morgan fingerprint density at radius 3 is 3.12 bits per heavy atom. The quantitative estimate of drug-likeness (QED) is 0.749. The van der Waals surface area contributed by atoms with E-state index < -0.39 is 0 Å². The number of pyridine rings is 1. The van der Waals surface area contributed by atoms with Crippen LogP contribution in [0.1, 0.15) is 12.5 Å². The van der Waals surface area contributed by atoms with Gasteiger partial charge in [0.25, 0.3) is 0 Å². The van der Waals surface area contributed by atoms with Crippen molar-refractivity contribution in [2.45, 2.75) is 6.92 Å². The lowest BCUT2D eigenvalue weighted by molar-refractivity contribution is -0.118. The van der Waals surface area contributed by atoms with Crippen molar-refractivity contribution < 1.29 is 4.79 Å². The van der Waals surface area contributed by atoms with Gasteiger partial charge in [-0.15, -0.1) is 0 Å². The number of fused-ring (bicyclic) bond motifs is 1. The van der Waals surface area contributed by atoms with E-state index in [4.69, 9.17) is 0 Å². The summed E-state index contributed by atoms with van der Waals surface area (Å²) < 4.78 is 0. The van der Waals surface area contributed by atoms with Crippen molar-refractivity contribution in [1.82, 2.24) is 10.3 Å². The molecule has 84 valence electrons. The van der Waals surface area contributed by atoms with Gasteiger partial charge in [-0.2, -0.15) is 0 Å². The van der Waals surface area contributed by atoms with Crippen molar-refractivity contribution in [3.8, 4) is 11.8 Å². The lowest BCUT2D eigenvalue weighted by atomic mass is 10.1. The number of benzene rings is 1. The van der Waals surface area contributed by atoms with E-state index in [1.807, 2.05) is 30.3 Å². The highest BCUT2D eigenvalue weighted by atomic mass is 16.1. The highest BCUT2D eigenvalue weighted by molar-refractivity contribution is 5.79. The summed E-state index contributed by atoms with van der Waals surface area (Å²) in [4.78, 5) is 14.9. The smallest absolute Gasteiger partial charge is 0.217 e. The van der Waals surface area contributed by atoms with Gasteiger partial charge < -0.3 is 5.32 Å². The van der Waals surface area contributed by atoms with Crippen molar-refractivity contribution in [2.75, 3.05) is 6.54 Å². The molecule has 1 aromatic heterocycles. The fraction of sp³-hybridized carbons (Fsp3) is 0.143. The lowest BCUT2D eigenvalue weighted by Gasteiger charge is -1.96. The van der Waals surface area contributed by atoms with Crippen LogP contribution in [0.15, 0.2) is 36.5 Å². The second-order valence-corrected chi connectivity index (χ2v) is 3.62. The summed E-state index contributed by atoms with van der Waals surface area (Å²) in [5.74, 6) is 5.81. The molecule has 3 heteroatoms. The molecular formula is C14H12N2O. The summed E-state index contributed by atoms with van der Waals surface area (Å²) in [6.07, 6.45) is 1.76. The van der Waals surface area contributed by atoms with Crippen molar-refractivity contribution in [3.05, 3.63) is 42.1 Å². The van der Waals surface area contributed by atoms with E-state index in [9.17, 15) is 4.79 Å². The minimum atomic E-state index is -0.0699. The molecule has 0 saturated carbocycles. The molecule has 3 nitrogen and oxygen atoms in total. The van der Waals surface area contributed by atoms with E-state index in [-0.39, 0.29) is 5.91 Å². The fourth-order valence-electron chi connectivity index (χ4n) is 1.46. The molecule has 0 fully saturated rings. The zero-order valence-electron chi connectivity index (χ0n) is 9.53. The first-order valence-corrected chi connectivity index (χ1v) is 5.34. The molecule has 0 aliphatic heterocycles. The number of aromatic nitrogens is 1. The fourth-order valence-corrected chi connectivity index (χ4v) is 1.46. The van der Waals surface area contributed by atoms with Crippen molar-refractivity contribution in [3.63, 3.8) is 0 Å². The van der Waals surface area contributed by atoms with Crippen LogP contribution in [0.2, 0.25) is 0 Å². The summed E-state index contributed by atoms with van der Waals surface area (Å²) in [6.45, 7) is 1.84. The lowest BCUT2D eigenvalue weighted by Crippen LogP contribution is -2.19. The SMILES string of the molecule is CC(=O)NCC#Cc1ccc2cccnc2c1. The molecule has 1 amide bonds. The largest absolute Gasteiger partial charge is 0.345 e. The average molecular weight is 224 g/mol. The third-order valence-electron chi connectivity index (χ3n) is 2.26. The third-order valence-corrected chi connectivity index (χ3v) is 2.26. The molecule has 1 aromatic carbocycles. The Hall–Kier alpha value is -2.34. The van der Waals surface area contributed by atoms with Crippen LogP contribution in [-0.4, -0.2) is 17.4 Å². The van der Waals surface area contributed by atoms with E-state index in [1.165, 1.54) is 6.92 Å². The van der Waals surface area contributed by atoms with Crippen LogP contribution in [0.4, 0.5) is 0 Å². The molecule has 2 rings (SSSR count). The molecule has 0 saturated heterocycles. The molecule has 0 spiro atoms. The standard InChI is InChI=1S/C14H12N2O/c1-11(17)15-8-2-4-12-6-7-13-5-3-9-16-14(13)10-12/h3,5-7,9-10H,8H2,1H3,(H,15,17). The number of amides is 1. The molecule has 1 heterocycles. The molecule has 0 radical (unpaired) electrons.